The summed E-state index contributed by atoms with van der Waals surface area (Å²) in [5, 5.41) is 27.9. The van der Waals surface area contributed by atoms with E-state index in [1.807, 2.05) is 0 Å². The third kappa shape index (κ3) is 3.59. The van der Waals surface area contributed by atoms with Gasteiger partial charge in [-0.05, 0) is 17.9 Å². The average molecular weight is 294 g/mol. The van der Waals surface area contributed by atoms with Crippen molar-refractivity contribution in [1.82, 2.24) is 0 Å². The Bertz CT molecular complexity index is 508. The molecule has 1 rings (SSSR count). The van der Waals surface area contributed by atoms with Gasteiger partial charge >= 0.3 is 17.9 Å². The van der Waals surface area contributed by atoms with Crippen molar-refractivity contribution in [2.75, 3.05) is 0 Å². The fourth-order valence-corrected chi connectivity index (χ4v) is 2.53. The van der Waals surface area contributed by atoms with Crippen LogP contribution in [0.4, 0.5) is 0 Å². The van der Waals surface area contributed by atoms with Gasteiger partial charge in [0.2, 0.25) is 0 Å². The highest BCUT2D eigenvalue weighted by Crippen LogP contribution is 2.37. The highest BCUT2D eigenvalue weighted by Gasteiger charge is 2.52. The van der Waals surface area contributed by atoms with E-state index in [4.69, 9.17) is 5.11 Å². The Morgan fingerprint density at radius 2 is 1.57 bits per heavy atom. The van der Waals surface area contributed by atoms with Crippen molar-refractivity contribution in [3.8, 4) is 0 Å². The van der Waals surface area contributed by atoms with Crippen LogP contribution in [-0.4, -0.2) is 33.2 Å². The Labute approximate surface area is 122 Å². The molecule has 0 amide bonds. The molecule has 0 spiro atoms. The van der Waals surface area contributed by atoms with Crippen LogP contribution in [0.25, 0.3) is 0 Å². The van der Waals surface area contributed by atoms with E-state index >= 15 is 0 Å². The van der Waals surface area contributed by atoms with Gasteiger partial charge < -0.3 is 15.3 Å². The van der Waals surface area contributed by atoms with E-state index in [-0.39, 0.29) is 12.8 Å². The molecule has 0 saturated heterocycles. The minimum absolute atomic E-state index is 0.151. The molecule has 1 unspecified atom stereocenters. The number of rotatable bonds is 8. The van der Waals surface area contributed by atoms with Crippen LogP contribution < -0.4 is 0 Å². The molecule has 114 valence electrons. The molecular weight excluding hydrogens is 276 g/mol. The summed E-state index contributed by atoms with van der Waals surface area (Å²) in [4.78, 5) is 34.3. The standard InChI is InChI=1S/C15H18O6/c1-2-11(8-12(16)17)15(13(18)19,14(20)21)9-10-6-4-3-5-7-10/h3-7,11H,2,8-9H2,1H3,(H,16,17)(H,18,19)(H,20,21). The fourth-order valence-electron chi connectivity index (χ4n) is 2.53. The molecule has 6 nitrogen and oxygen atoms in total. The first-order valence-corrected chi connectivity index (χ1v) is 6.57. The smallest absolute Gasteiger partial charge is 0.321 e. The van der Waals surface area contributed by atoms with E-state index in [1.54, 1.807) is 37.3 Å². The maximum absolute atomic E-state index is 11.7. The molecule has 0 radical (unpaired) electrons. The van der Waals surface area contributed by atoms with Crippen molar-refractivity contribution in [3.05, 3.63) is 35.9 Å². The average Bonchev–Trinajstić information content (AvgIpc) is 2.42. The van der Waals surface area contributed by atoms with Crippen LogP contribution >= 0.6 is 0 Å². The van der Waals surface area contributed by atoms with Gasteiger partial charge in [-0.2, -0.15) is 0 Å². The van der Waals surface area contributed by atoms with Gasteiger partial charge in [0.25, 0.3) is 0 Å². The molecule has 6 heteroatoms. The Morgan fingerprint density at radius 3 is 1.95 bits per heavy atom. The first kappa shape index (κ1) is 16.7. The van der Waals surface area contributed by atoms with E-state index in [0.29, 0.717) is 5.56 Å². The summed E-state index contributed by atoms with van der Waals surface area (Å²) in [5.41, 5.74) is -1.60. The van der Waals surface area contributed by atoms with Crippen LogP contribution in [0.15, 0.2) is 30.3 Å². The number of hydrogen-bond donors (Lipinski definition) is 3. The Kier molecular flexibility index (Phi) is 5.46. The van der Waals surface area contributed by atoms with Gasteiger partial charge in [0, 0.05) is 6.42 Å². The molecule has 0 aromatic heterocycles. The number of aliphatic carboxylic acids is 3. The zero-order chi connectivity index (χ0) is 16.0. The van der Waals surface area contributed by atoms with Crippen molar-refractivity contribution < 1.29 is 29.7 Å². The molecule has 0 heterocycles. The molecule has 1 atom stereocenters. The lowest BCUT2D eigenvalue weighted by molar-refractivity contribution is -0.170. The highest BCUT2D eigenvalue weighted by atomic mass is 16.4. The summed E-state index contributed by atoms with van der Waals surface area (Å²) in [6.07, 6.45) is -0.593. The Hall–Kier alpha value is -2.37. The monoisotopic (exact) mass is 294 g/mol. The number of carboxylic acid groups (broad SMARTS) is 3. The number of carbonyl (C=O) groups is 3. The van der Waals surface area contributed by atoms with Gasteiger partial charge in [-0.3, -0.25) is 14.4 Å². The topological polar surface area (TPSA) is 112 Å². The van der Waals surface area contributed by atoms with Crippen LogP contribution in [0, 0.1) is 11.3 Å². The molecule has 3 N–H and O–H groups in total. The second-order valence-corrected chi connectivity index (χ2v) is 4.95. The van der Waals surface area contributed by atoms with Crippen molar-refractivity contribution in [2.24, 2.45) is 11.3 Å². The largest absolute Gasteiger partial charge is 0.481 e. The zero-order valence-electron chi connectivity index (χ0n) is 11.7. The first-order chi connectivity index (χ1) is 9.84. The van der Waals surface area contributed by atoms with Gasteiger partial charge in [-0.25, -0.2) is 0 Å². The van der Waals surface area contributed by atoms with Crippen molar-refractivity contribution in [1.29, 1.82) is 0 Å². The molecule has 0 fully saturated rings. The second kappa shape index (κ2) is 6.88. The molecular formula is C15H18O6. The quantitative estimate of drug-likeness (QED) is 0.631. The maximum atomic E-state index is 11.7. The van der Waals surface area contributed by atoms with Crippen LogP contribution in [-0.2, 0) is 20.8 Å². The lowest BCUT2D eigenvalue weighted by Gasteiger charge is -2.32. The number of hydrogen-bond acceptors (Lipinski definition) is 3. The number of carboxylic acids is 3. The summed E-state index contributed by atoms with van der Waals surface area (Å²) in [5.74, 6) is -5.22. The predicted octanol–water partition coefficient (Wildman–Crippen LogP) is 1.89. The minimum atomic E-state index is -2.14. The molecule has 0 saturated carbocycles. The molecule has 0 aliphatic carbocycles. The van der Waals surface area contributed by atoms with Crippen molar-refractivity contribution >= 4 is 17.9 Å². The first-order valence-electron chi connectivity index (χ1n) is 6.57. The predicted molar refractivity (Wildman–Crippen MR) is 73.9 cm³/mol. The fraction of sp³-hybridized carbons (Fsp3) is 0.400. The number of benzene rings is 1. The molecule has 21 heavy (non-hydrogen) atoms. The molecule has 0 aliphatic heterocycles. The van der Waals surface area contributed by atoms with Gasteiger partial charge in [0.1, 0.15) is 0 Å². The van der Waals surface area contributed by atoms with Crippen LogP contribution in [0.2, 0.25) is 0 Å². The second-order valence-electron chi connectivity index (χ2n) is 4.95. The summed E-state index contributed by atoms with van der Waals surface area (Å²) in [7, 11) is 0. The zero-order valence-corrected chi connectivity index (χ0v) is 11.7. The van der Waals surface area contributed by atoms with E-state index in [1.165, 1.54) is 0 Å². The lowest BCUT2D eigenvalue weighted by Crippen LogP contribution is -2.48. The van der Waals surface area contributed by atoms with Crippen LogP contribution in [0.3, 0.4) is 0 Å². The Morgan fingerprint density at radius 1 is 1.05 bits per heavy atom. The van der Waals surface area contributed by atoms with Crippen LogP contribution in [0.1, 0.15) is 25.3 Å². The van der Waals surface area contributed by atoms with E-state index < -0.39 is 35.7 Å². The summed E-state index contributed by atoms with van der Waals surface area (Å²) >= 11 is 0. The van der Waals surface area contributed by atoms with E-state index in [2.05, 4.69) is 0 Å². The SMILES string of the molecule is CCC(CC(=O)O)C(Cc1ccccc1)(C(=O)O)C(=O)O. The van der Waals surface area contributed by atoms with E-state index in [9.17, 15) is 24.6 Å². The molecule has 0 aliphatic rings. The normalized spacial score (nSPS) is 12.6. The third-order valence-electron chi connectivity index (χ3n) is 3.70. The molecule has 1 aromatic carbocycles. The molecule has 0 bridgehead atoms. The summed E-state index contributed by atoms with van der Waals surface area (Å²) in [6, 6.07) is 8.37. The van der Waals surface area contributed by atoms with Crippen LogP contribution in [0.5, 0.6) is 0 Å². The Balaban J connectivity index is 3.30. The van der Waals surface area contributed by atoms with Crippen molar-refractivity contribution in [3.63, 3.8) is 0 Å². The maximum Gasteiger partial charge on any atom is 0.321 e. The summed E-state index contributed by atoms with van der Waals surface area (Å²) < 4.78 is 0. The van der Waals surface area contributed by atoms with E-state index in [0.717, 1.165) is 0 Å². The highest BCUT2D eigenvalue weighted by molar-refractivity contribution is 5.99. The van der Waals surface area contributed by atoms with Gasteiger partial charge in [0.15, 0.2) is 5.41 Å². The third-order valence-corrected chi connectivity index (χ3v) is 3.70. The van der Waals surface area contributed by atoms with Gasteiger partial charge in [-0.15, -0.1) is 0 Å². The molecule has 1 aromatic rings. The van der Waals surface area contributed by atoms with Crippen molar-refractivity contribution in [2.45, 2.75) is 26.2 Å². The van der Waals surface area contributed by atoms with Gasteiger partial charge in [0.05, 0.1) is 0 Å². The summed E-state index contributed by atoms with van der Waals surface area (Å²) in [6.45, 7) is 1.60. The minimum Gasteiger partial charge on any atom is -0.481 e. The lowest BCUT2D eigenvalue weighted by atomic mass is 9.68. The van der Waals surface area contributed by atoms with Gasteiger partial charge in [-0.1, -0.05) is 43.7 Å².